The van der Waals surface area contributed by atoms with Crippen LogP contribution in [0.2, 0.25) is 0 Å². The number of thiophene rings is 1. The van der Waals surface area contributed by atoms with Crippen LogP contribution in [0.3, 0.4) is 0 Å². The molecule has 1 aromatic carbocycles. The third-order valence-corrected chi connectivity index (χ3v) is 5.19. The summed E-state index contributed by atoms with van der Waals surface area (Å²) < 4.78 is 1.04. The highest BCUT2D eigenvalue weighted by atomic mass is 79.9. The number of nitrogens with zero attached hydrogens (tertiary/aromatic N) is 1. The van der Waals surface area contributed by atoms with E-state index < -0.39 is 0 Å². The first-order valence-electron chi connectivity index (χ1n) is 7.55. The normalized spacial score (nSPS) is 13.5. The molecule has 2 aromatic rings. The van der Waals surface area contributed by atoms with E-state index in [1.54, 1.807) is 6.07 Å². The maximum atomic E-state index is 12.5. The van der Waals surface area contributed by atoms with Crippen LogP contribution in [-0.4, -0.2) is 24.9 Å². The van der Waals surface area contributed by atoms with Crippen LogP contribution in [0.15, 0.2) is 40.2 Å². The molecule has 120 valence electrons. The van der Waals surface area contributed by atoms with Crippen molar-refractivity contribution in [3.63, 3.8) is 0 Å². The summed E-state index contributed by atoms with van der Waals surface area (Å²) in [7, 11) is 0. The van der Waals surface area contributed by atoms with Crippen LogP contribution in [0.25, 0.3) is 0 Å². The Morgan fingerprint density at radius 1 is 1.30 bits per heavy atom. The van der Waals surface area contributed by atoms with E-state index in [1.807, 2.05) is 28.5 Å². The summed E-state index contributed by atoms with van der Waals surface area (Å²) in [6, 6.07) is 9.64. The van der Waals surface area contributed by atoms with Crippen molar-refractivity contribution in [2.24, 2.45) is 0 Å². The summed E-state index contributed by atoms with van der Waals surface area (Å²) in [6.45, 7) is 1.10. The Balaban J connectivity index is 1.58. The molecule has 0 atom stereocenters. The van der Waals surface area contributed by atoms with Crippen molar-refractivity contribution in [2.45, 2.75) is 19.3 Å². The lowest BCUT2D eigenvalue weighted by Crippen LogP contribution is -2.37. The molecule has 1 aliphatic rings. The van der Waals surface area contributed by atoms with Gasteiger partial charge in [-0.3, -0.25) is 9.59 Å². The second-order valence-corrected chi connectivity index (χ2v) is 7.27. The predicted molar refractivity (Wildman–Crippen MR) is 96.1 cm³/mol. The van der Waals surface area contributed by atoms with E-state index >= 15 is 0 Å². The number of rotatable bonds is 4. The number of carbonyl (C=O) groups excluding carboxylic acids is 2. The first kappa shape index (κ1) is 16.2. The van der Waals surface area contributed by atoms with Crippen molar-refractivity contribution in [1.82, 2.24) is 5.32 Å². The zero-order valence-electron chi connectivity index (χ0n) is 12.5. The molecule has 4 nitrogen and oxygen atoms in total. The van der Waals surface area contributed by atoms with Crippen molar-refractivity contribution in [3.8, 4) is 0 Å². The highest BCUT2D eigenvalue weighted by Crippen LogP contribution is 2.30. The second kappa shape index (κ2) is 7.27. The van der Waals surface area contributed by atoms with E-state index in [0.29, 0.717) is 17.8 Å². The Kier molecular flexibility index (Phi) is 5.13. The maximum Gasteiger partial charge on any atom is 0.261 e. The van der Waals surface area contributed by atoms with Crippen molar-refractivity contribution in [3.05, 3.63) is 50.6 Å². The molecule has 6 heteroatoms. The Bertz CT molecular complexity index is 715. The van der Waals surface area contributed by atoms with E-state index in [0.717, 1.165) is 29.5 Å². The standard InChI is InChI=1S/C17H17BrN2O2S/c18-13-5-6-14-12(11-13)3-1-9-20(14)16(21)7-8-19-17(22)15-4-2-10-23-15/h2,4-6,10-11H,1,3,7-9H2,(H,19,22). The average molecular weight is 393 g/mol. The molecule has 2 amide bonds. The SMILES string of the molecule is O=C(NCCC(=O)N1CCCc2cc(Br)ccc21)c1cccs1. The molecule has 0 fully saturated rings. The lowest BCUT2D eigenvalue weighted by molar-refractivity contribution is -0.118. The van der Waals surface area contributed by atoms with Crippen LogP contribution >= 0.6 is 27.3 Å². The summed E-state index contributed by atoms with van der Waals surface area (Å²) in [4.78, 5) is 26.9. The van der Waals surface area contributed by atoms with E-state index in [9.17, 15) is 9.59 Å². The Hall–Kier alpha value is -1.66. The van der Waals surface area contributed by atoms with Crippen LogP contribution in [0, 0.1) is 0 Å². The lowest BCUT2D eigenvalue weighted by Gasteiger charge is -2.29. The van der Waals surface area contributed by atoms with Crippen molar-refractivity contribution in [2.75, 3.05) is 18.0 Å². The highest BCUT2D eigenvalue weighted by molar-refractivity contribution is 9.10. The topological polar surface area (TPSA) is 49.4 Å². The summed E-state index contributed by atoms with van der Waals surface area (Å²) in [5, 5.41) is 4.67. The van der Waals surface area contributed by atoms with Gasteiger partial charge in [-0.15, -0.1) is 11.3 Å². The molecule has 0 unspecified atom stereocenters. The lowest BCUT2D eigenvalue weighted by atomic mass is 10.0. The molecule has 1 N–H and O–H groups in total. The van der Waals surface area contributed by atoms with Crippen molar-refractivity contribution in [1.29, 1.82) is 0 Å². The van der Waals surface area contributed by atoms with Gasteiger partial charge in [0, 0.05) is 29.7 Å². The smallest absolute Gasteiger partial charge is 0.261 e. The first-order valence-corrected chi connectivity index (χ1v) is 9.23. The summed E-state index contributed by atoms with van der Waals surface area (Å²) in [5.41, 5.74) is 2.19. The first-order chi connectivity index (χ1) is 11.1. The number of nitrogens with one attached hydrogen (secondary N) is 1. The number of benzene rings is 1. The minimum atomic E-state index is -0.115. The third kappa shape index (κ3) is 3.82. The fraction of sp³-hybridized carbons (Fsp3) is 0.294. The molecule has 0 saturated heterocycles. The Morgan fingerprint density at radius 2 is 2.17 bits per heavy atom. The van der Waals surface area contributed by atoms with Crippen LogP contribution in [0.1, 0.15) is 28.1 Å². The Labute approximate surface area is 147 Å². The van der Waals surface area contributed by atoms with Gasteiger partial charge in [-0.25, -0.2) is 0 Å². The number of hydrogen-bond acceptors (Lipinski definition) is 3. The second-order valence-electron chi connectivity index (χ2n) is 5.41. The molecule has 3 rings (SSSR count). The van der Waals surface area contributed by atoms with Gasteiger partial charge in [-0.05, 0) is 48.1 Å². The number of carbonyl (C=O) groups is 2. The minimum absolute atomic E-state index is 0.0553. The number of halogens is 1. The van der Waals surface area contributed by atoms with Crippen LogP contribution in [0.5, 0.6) is 0 Å². The zero-order chi connectivity index (χ0) is 16.2. The van der Waals surface area contributed by atoms with E-state index in [4.69, 9.17) is 0 Å². The molecule has 0 radical (unpaired) electrons. The molecule has 0 aliphatic carbocycles. The molecule has 23 heavy (non-hydrogen) atoms. The monoisotopic (exact) mass is 392 g/mol. The molecule has 1 aliphatic heterocycles. The molecular formula is C17H17BrN2O2S. The van der Waals surface area contributed by atoms with Crippen LogP contribution in [-0.2, 0) is 11.2 Å². The van der Waals surface area contributed by atoms with Crippen LogP contribution < -0.4 is 10.2 Å². The van der Waals surface area contributed by atoms with Gasteiger partial charge in [-0.1, -0.05) is 22.0 Å². The molecular weight excluding hydrogens is 376 g/mol. The number of amides is 2. The van der Waals surface area contributed by atoms with Gasteiger partial charge in [0.1, 0.15) is 0 Å². The fourth-order valence-corrected chi connectivity index (χ4v) is 3.79. The number of fused-ring (bicyclic) bond motifs is 1. The van der Waals surface area contributed by atoms with Gasteiger partial charge in [0.05, 0.1) is 4.88 Å². The number of hydrogen-bond donors (Lipinski definition) is 1. The van der Waals surface area contributed by atoms with Gasteiger partial charge in [0.25, 0.3) is 5.91 Å². The highest BCUT2D eigenvalue weighted by Gasteiger charge is 2.22. The van der Waals surface area contributed by atoms with Gasteiger partial charge >= 0.3 is 0 Å². The molecule has 0 spiro atoms. The zero-order valence-corrected chi connectivity index (χ0v) is 15.0. The third-order valence-electron chi connectivity index (χ3n) is 3.83. The van der Waals surface area contributed by atoms with Crippen LogP contribution in [0.4, 0.5) is 5.69 Å². The maximum absolute atomic E-state index is 12.5. The quantitative estimate of drug-likeness (QED) is 0.863. The van der Waals surface area contributed by atoms with Crippen molar-refractivity contribution >= 4 is 44.8 Å². The van der Waals surface area contributed by atoms with E-state index in [1.165, 1.54) is 16.9 Å². The van der Waals surface area contributed by atoms with Gasteiger partial charge in [-0.2, -0.15) is 0 Å². The van der Waals surface area contributed by atoms with Crippen molar-refractivity contribution < 1.29 is 9.59 Å². The van der Waals surface area contributed by atoms with E-state index in [2.05, 4.69) is 27.3 Å². The van der Waals surface area contributed by atoms with E-state index in [-0.39, 0.29) is 11.8 Å². The Morgan fingerprint density at radius 3 is 2.96 bits per heavy atom. The van der Waals surface area contributed by atoms with Gasteiger partial charge in [0.2, 0.25) is 5.91 Å². The van der Waals surface area contributed by atoms with Gasteiger partial charge in [0.15, 0.2) is 0 Å². The predicted octanol–water partition coefficient (Wildman–Crippen LogP) is 3.61. The molecule has 0 bridgehead atoms. The number of anilines is 1. The molecule has 0 saturated carbocycles. The average Bonchev–Trinajstić information content (AvgIpc) is 3.08. The summed E-state index contributed by atoms with van der Waals surface area (Å²) in [6.07, 6.45) is 2.27. The molecule has 2 heterocycles. The summed E-state index contributed by atoms with van der Waals surface area (Å²) in [5.74, 6) is -0.0597. The van der Waals surface area contributed by atoms with Gasteiger partial charge < -0.3 is 10.2 Å². The largest absolute Gasteiger partial charge is 0.351 e. The minimum Gasteiger partial charge on any atom is -0.351 e. The summed E-state index contributed by atoms with van der Waals surface area (Å²) >= 11 is 4.87. The molecule has 1 aromatic heterocycles. The fourth-order valence-electron chi connectivity index (χ4n) is 2.74. The number of aryl methyl sites for hydroxylation is 1.